The van der Waals surface area contributed by atoms with Crippen LogP contribution in [-0.2, 0) is 9.47 Å². The van der Waals surface area contributed by atoms with Gasteiger partial charge in [0.2, 0.25) is 0 Å². The van der Waals surface area contributed by atoms with Gasteiger partial charge in [0.25, 0.3) is 0 Å². The zero-order valence-electron chi connectivity index (χ0n) is 17.9. The Morgan fingerprint density at radius 3 is 1.93 bits per heavy atom. The Labute approximate surface area is 178 Å². The van der Waals surface area contributed by atoms with Crippen LogP contribution >= 0.6 is 0 Å². The summed E-state index contributed by atoms with van der Waals surface area (Å²) in [5.74, 6) is 1.32. The fourth-order valence-corrected chi connectivity index (χ4v) is 2.51. The van der Waals surface area contributed by atoms with Gasteiger partial charge in [-0.1, -0.05) is 49.6 Å². The molecule has 0 aromatic heterocycles. The van der Waals surface area contributed by atoms with Gasteiger partial charge in [-0.25, -0.2) is 4.79 Å². The van der Waals surface area contributed by atoms with Crippen LogP contribution in [0.1, 0.15) is 44.7 Å². The summed E-state index contributed by atoms with van der Waals surface area (Å²) in [4.78, 5) is 11.3. The normalized spacial score (nSPS) is 15.4. The Hall–Kier alpha value is -3.05. The second-order valence-corrected chi connectivity index (χ2v) is 7.67. The van der Waals surface area contributed by atoms with Crippen molar-refractivity contribution in [3.8, 4) is 11.5 Å². The third-order valence-electron chi connectivity index (χ3n) is 3.98. The molecule has 0 amide bonds. The monoisotopic (exact) mass is 410 g/mol. The van der Waals surface area contributed by atoms with E-state index in [9.17, 15) is 4.79 Å². The molecule has 2 aromatic rings. The van der Waals surface area contributed by atoms with Gasteiger partial charge in [-0.3, -0.25) is 0 Å². The van der Waals surface area contributed by atoms with Crippen molar-refractivity contribution in [1.29, 1.82) is 0 Å². The Morgan fingerprint density at radius 1 is 0.967 bits per heavy atom. The first-order chi connectivity index (χ1) is 14.3. The Kier molecular flexibility index (Phi) is 8.69. The van der Waals surface area contributed by atoms with E-state index in [1.807, 2.05) is 42.5 Å². The van der Waals surface area contributed by atoms with Gasteiger partial charge in [0.15, 0.2) is 6.29 Å². The lowest BCUT2D eigenvalue weighted by Crippen LogP contribution is -2.25. The SMILES string of the molecule is C=Cc1ccc(OC(=O)OC(C)(C)C)cc1.C=Cc1ccc(OC2CCCO2)cc1. The molecule has 1 atom stereocenters. The lowest BCUT2D eigenvalue weighted by atomic mass is 10.2. The number of carbonyl (C=O) groups is 1. The summed E-state index contributed by atoms with van der Waals surface area (Å²) in [6.45, 7) is 13.5. The topological polar surface area (TPSA) is 54.0 Å². The maximum Gasteiger partial charge on any atom is 0.514 e. The molecule has 5 heteroatoms. The maximum absolute atomic E-state index is 11.3. The van der Waals surface area contributed by atoms with Crippen molar-refractivity contribution in [3.05, 3.63) is 72.8 Å². The number of benzene rings is 2. The molecule has 0 radical (unpaired) electrons. The third kappa shape index (κ3) is 8.53. The van der Waals surface area contributed by atoms with Crippen molar-refractivity contribution in [2.75, 3.05) is 6.61 Å². The fraction of sp³-hybridized carbons (Fsp3) is 0.320. The van der Waals surface area contributed by atoms with Gasteiger partial charge in [-0.2, -0.15) is 0 Å². The minimum Gasteiger partial charge on any atom is -0.465 e. The van der Waals surface area contributed by atoms with Gasteiger partial charge < -0.3 is 18.9 Å². The Bertz CT molecular complexity index is 810. The van der Waals surface area contributed by atoms with Crippen molar-refractivity contribution in [2.24, 2.45) is 0 Å². The summed E-state index contributed by atoms with van der Waals surface area (Å²) in [7, 11) is 0. The molecule has 1 heterocycles. The summed E-state index contributed by atoms with van der Waals surface area (Å²) >= 11 is 0. The quantitative estimate of drug-likeness (QED) is 0.417. The van der Waals surface area contributed by atoms with Crippen LogP contribution in [0.5, 0.6) is 11.5 Å². The van der Waals surface area contributed by atoms with Crippen molar-refractivity contribution in [1.82, 2.24) is 0 Å². The van der Waals surface area contributed by atoms with Crippen LogP contribution < -0.4 is 9.47 Å². The zero-order chi connectivity index (χ0) is 22.0. The van der Waals surface area contributed by atoms with Crippen LogP contribution in [0.3, 0.4) is 0 Å². The molecule has 0 saturated carbocycles. The molecule has 1 unspecified atom stereocenters. The van der Waals surface area contributed by atoms with E-state index in [4.69, 9.17) is 18.9 Å². The van der Waals surface area contributed by atoms with Gasteiger partial charge in [0.05, 0.1) is 6.61 Å². The molecule has 30 heavy (non-hydrogen) atoms. The summed E-state index contributed by atoms with van der Waals surface area (Å²) in [5, 5.41) is 0. The first kappa shape index (κ1) is 23.2. The highest BCUT2D eigenvalue weighted by molar-refractivity contribution is 5.64. The van der Waals surface area contributed by atoms with Gasteiger partial charge in [0.1, 0.15) is 17.1 Å². The van der Waals surface area contributed by atoms with E-state index in [1.54, 1.807) is 39.0 Å². The first-order valence-electron chi connectivity index (χ1n) is 9.93. The van der Waals surface area contributed by atoms with E-state index < -0.39 is 11.8 Å². The van der Waals surface area contributed by atoms with Gasteiger partial charge in [0, 0.05) is 6.42 Å². The zero-order valence-corrected chi connectivity index (χ0v) is 17.9. The number of hydrogen-bond acceptors (Lipinski definition) is 5. The molecule has 1 saturated heterocycles. The van der Waals surface area contributed by atoms with Crippen molar-refractivity contribution in [2.45, 2.75) is 45.5 Å². The largest absolute Gasteiger partial charge is 0.514 e. The molecule has 0 bridgehead atoms. The maximum atomic E-state index is 11.3. The van der Waals surface area contributed by atoms with Crippen LogP contribution in [0.15, 0.2) is 61.7 Å². The van der Waals surface area contributed by atoms with Crippen LogP contribution in [0.25, 0.3) is 12.2 Å². The van der Waals surface area contributed by atoms with Crippen LogP contribution in [0.2, 0.25) is 0 Å². The molecular formula is C25H30O5. The van der Waals surface area contributed by atoms with E-state index in [-0.39, 0.29) is 6.29 Å². The molecule has 0 N–H and O–H groups in total. The summed E-state index contributed by atoms with van der Waals surface area (Å²) in [5.41, 5.74) is 1.53. The van der Waals surface area contributed by atoms with Gasteiger partial charge >= 0.3 is 6.16 Å². The predicted molar refractivity (Wildman–Crippen MR) is 120 cm³/mol. The lowest BCUT2D eigenvalue weighted by Gasteiger charge is -2.18. The molecule has 5 nitrogen and oxygen atoms in total. The number of hydrogen-bond donors (Lipinski definition) is 0. The van der Waals surface area contributed by atoms with Crippen LogP contribution in [0.4, 0.5) is 4.79 Å². The minimum absolute atomic E-state index is 0.0513. The van der Waals surface area contributed by atoms with E-state index >= 15 is 0 Å². The molecular weight excluding hydrogens is 380 g/mol. The van der Waals surface area contributed by atoms with Gasteiger partial charge in [-0.05, 0) is 62.6 Å². The highest BCUT2D eigenvalue weighted by Crippen LogP contribution is 2.20. The number of carbonyl (C=O) groups excluding carboxylic acids is 1. The molecule has 2 aromatic carbocycles. The summed E-state index contributed by atoms with van der Waals surface area (Å²) in [6.07, 6.45) is 4.87. The van der Waals surface area contributed by atoms with Crippen LogP contribution in [0, 0.1) is 0 Å². The predicted octanol–water partition coefficient (Wildman–Crippen LogP) is 6.49. The second kappa shape index (κ2) is 11.2. The van der Waals surface area contributed by atoms with E-state index in [1.165, 1.54) is 0 Å². The average Bonchev–Trinajstić information content (AvgIpc) is 3.21. The van der Waals surface area contributed by atoms with Crippen molar-refractivity contribution >= 4 is 18.3 Å². The van der Waals surface area contributed by atoms with Crippen molar-refractivity contribution in [3.63, 3.8) is 0 Å². The number of rotatable bonds is 5. The first-order valence-corrected chi connectivity index (χ1v) is 9.93. The highest BCUT2D eigenvalue weighted by atomic mass is 16.7. The molecule has 1 fully saturated rings. The van der Waals surface area contributed by atoms with Crippen molar-refractivity contribution < 1.29 is 23.7 Å². The second-order valence-electron chi connectivity index (χ2n) is 7.67. The Balaban J connectivity index is 0.000000215. The van der Waals surface area contributed by atoms with E-state index in [0.29, 0.717) is 5.75 Å². The van der Waals surface area contributed by atoms with Crippen LogP contribution in [-0.4, -0.2) is 24.7 Å². The standard InChI is InChI=1S/C13H16O3.C12H14O2/c1-5-10-6-8-11(9-7-10)15-12(14)16-13(2,3)4;1-2-10-5-7-11(8-6-10)14-12-4-3-9-13-12/h5-9H,1H2,2-4H3;2,5-8,12H,1,3-4,9H2. The van der Waals surface area contributed by atoms with E-state index in [2.05, 4.69) is 13.2 Å². The molecule has 1 aliphatic heterocycles. The molecule has 160 valence electrons. The summed E-state index contributed by atoms with van der Waals surface area (Å²) in [6, 6.07) is 14.9. The number of ether oxygens (including phenoxy) is 4. The Morgan fingerprint density at radius 2 is 1.50 bits per heavy atom. The molecule has 3 rings (SSSR count). The smallest absolute Gasteiger partial charge is 0.465 e. The molecule has 1 aliphatic rings. The van der Waals surface area contributed by atoms with E-state index in [0.717, 1.165) is 36.3 Å². The van der Waals surface area contributed by atoms with Gasteiger partial charge in [-0.15, -0.1) is 0 Å². The molecule has 0 aliphatic carbocycles. The lowest BCUT2D eigenvalue weighted by molar-refractivity contribution is -0.0390. The average molecular weight is 411 g/mol. The highest BCUT2D eigenvalue weighted by Gasteiger charge is 2.18. The molecule has 0 spiro atoms. The summed E-state index contributed by atoms with van der Waals surface area (Å²) < 4.78 is 21.0. The fourth-order valence-electron chi connectivity index (χ4n) is 2.51. The third-order valence-corrected chi connectivity index (χ3v) is 3.98. The minimum atomic E-state index is -0.696.